The van der Waals surface area contributed by atoms with Gasteiger partial charge in [0.25, 0.3) is 0 Å². The largest absolute Gasteiger partial charge is 0.497 e. The van der Waals surface area contributed by atoms with Gasteiger partial charge in [-0.1, -0.05) is 18.2 Å². The minimum Gasteiger partial charge on any atom is -0.497 e. The molecule has 0 saturated carbocycles. The molecular formula is C31H31NO6S. The van der Waals surface area contributed by atoms with Crippen LogP contribution in [0.4, 0.5) is 0 Å². The van der Waals surface area contributed by atoms with Crippen LogP contribution in [0, 0.1) is 0 Å². The van der Waals surface area contributed by atoms with E-state index in [4.69, 9.17) is 18.9 Å². The molecule has 202 valence electrons. The van der Waals surface area contributed by atoms with Crippen LogP contribution in [0.5, 0.6) is 17.2 Å². The SMILES string of the molecule is COc1ccc(COC(=O)C2=C(C)NC3=C(C(=O)C[C@@H](c4cccs4)C3)[C@H]2c2cc(OC)ccc2OC)cc1. The van der Waals surface area contributed by atoms with E-state index >= 15 is 0 Å². The molecule has 5 rings (SSSR count). The first kappa shape index (κ1) is 26.6. The average Bonchev–Trinajstić information content (AvgIpc) is 3.50. The van der Waals surface area contributed by atoms with E-state index in [2.05, 4.69) is 11.4 Å². The number of methoxy groups -OCH3 is 3. The van der Waals surface area contributed by atoms with Gasteiger partial charge in [0.2, 0.25) is 0 Å². The van der Waals surface area contributed by atoms with E-state index in [-0.39, 0.29) is 18.3 Å². The van der Waals surface area contributed by atoms with Crippen molar-refractivity contribution in [1.82, 2.24) is 5.32 Å². The second-order valence-electron chi connectivity index (χ2n) is 9.56. The zero-order valence-corrected chi connectivity index (χ0v) is 23.2. The lowest BCUT2D eigenvalue weighted by Gasteiger charge is -2.36. The predicted octanol–water partition coefficient (Wildman–Crippen LogP) is 5.88. The zero-order valence-electron chi connectivity index (χ0n) is 22.4. The van der Waals surface area contributed by atoms with Crippen molar-refractivity contribution in [2.75, 3.05) is 21.3 Å². The second-order valence-corrected chi connectivity index (χ2v) is 10.5. The van der Waals surface area contributed by atoms with Gasteiger partial charge in [0.05, 0.1) is 32.8 Å². The topological polar surface area (TPSA) is 83.1 Å². The van der Waals surface area contributed by atoms with E-state index in [0.717, 1.165) is 17.0 Å². The maximum atomic E-state index is 13.8. The Hall–Kier alpha value is -4.04. The minimum atomic E-state index is -0.661. The highest BCUT2D eigenvalue weighted by Gasteiger charge is 2.42. The van der Waals surface area contributed by atoms with Gasteiger partial charge in [0.1, 0.15) is 23.9 Å². The summed E-state index contributed by atoms with van der Waals surface area (Å²) in [5, 5.41) is 5.44. The molecule has 1 N–H and O–H groups in total. The van der Waals surface area contributed by atoms with Crippen molar-refractivity contribution in [2.24, 2.45) is 0 Å². The van der Waals surface area contributed by atoms with Crippen molar-refractivity contribution >= 4 is 23.1 Å². The number of thiophene rings is 1. The number of ketones is 1. The highest BCUT2D eigenvalue weighted by molar-refractivity contribution is 7.10. The van der Waals surface area contributed by atoms with Crippen LogP contribution in [0.3, 0.4) is 0 Å². The van der Waals surface area contributed by atoms with Crippen molar-refractivity contribution < 1.29 is 28.5 Å². The Morgan fingerprint density at radius 1 is 0.974 bits per heavy atom. The van der Waals surface area contributed by atoms with E-state index in [1.165, 1.54) is 4.88 Å². The molecule has 0 fully saturated rings. The summed E-state index contributed by atoms with van der Waals surface area (Å²) in [6, 6.07) is 16.9. The van der Waals surface area contributed by atoms with Crippen LogP contribution in [0.1, 0.15) is 47.6 Å². The number of hydrogen-bond acceptors (Lipinski definition) is 8. The highest BCUT2D eigenvalue weighted by Crippen LogP contribution is 2.48. The molecule has 0 spiro atoms. The number of nitrogens with one attached hydrogen (secondary N) is 1. The van der Waals surface area contributed by atoms with Gasteiger partial charge in [-0.2, -0.15) is 0 Å². The van der Waals surface area contributed by atoms with Crippen LogP contribution in [0.25, 0.3) is 0 Å². The van der Waals surface area contributed by atoms with Crippen molar-refractivity contribution in [3.05, 3.63) is 98.5 Å². The van der Waals surface area contributed by atoms with Crippen molar-refractivity contribution in [2.45, 2.75) is 38.2 Å². The van der Waals surface area contributed by atoms with Crippen LogP contribution < -0.4 is 19.5 Å². The third-order valence-corrected chi connectivity index (χ3v) is 8.30. The van der Waals surface area contributed by atoms with Gasteiger partial charge in [-0.25, -0.2) is 4.79 Å². The van der Waals surface area contributed by atoms with Gasteiger partial charge in [0, 0.05) is 39.7 Å². The van der Waals surface area contributed by atoms with Crippen molar-refractivity contribution in [1.29, 1.82) is 0 Å². The quantitative estimate of drug-likeness (QED) is 0.354. The fraction of sp³-hybridized carbons (Fsp3) is 0.290. The predicted molar refractivity (Wildman–Crippen MR) is 149 cm³/mol. The third-order valence-electron chi connectivity index (χ3n) is 7.27. The van der Waals surface area contributed by atoms with E-state index in [1.54, 1.807) is 44.8 Å². The molecule has 7 nitrogen and oxygen atoms in total. The monoisotopic (exact) mass is 545 g/mol. The summed E-state index contributed by atoms with van der Waals surface area (Å²) in [5.41, 5.74) is 3.97. The normalized spacial score (nSPS) is 18.8. The van der Waals surface area contributed by atoms with Gasteiger partial charge in [-0.3, -0.25) is 4.79 Å². The molecular weight excluding hydrogens is 514 g/mol. The summed E-state index contributed by atoms with van der Waals surface area (Å²) in [5.74, 6) is 0.835. The van der Waals surface area contributed by atoms with Crippen molar-refractivity contribution in [3.8, 4) is 17.2 Å². The smallest absolute Gasteiger partial charge is 0.337 e. The summed E-state index contributed by atoms with van der Waals surface area (Å²) in [4.78, 5) is 28.7. The Morgan fingerprint density at radius 2 is 1.72 bits per heavy atom. The molecule has 3 aromatic rings. The van der Waals surface area contributed by atoms with Crippen LogP contribution in [-0.2, 0) is 20.9 Å². The molecule has 0 unspecified atom stereocenters. The number of esters is 1. The number of rotatable bonds is 8. The number of Topliss-reactive ketones (excluding diaryl/α,β-unsaturated/α-hetero) is 1. The molecule has 0 amide bonds. The highest BCUT2D eigenvalue weighted by atomic mass is 32.1. The summed E-state index contributed by atoms with van der Waals surface area (Å²) >= 11 is 1.66. The van der Waals surface area contributed by atoms with Gasteiger partial charge in [0.15, 0.2) is 5.78 Å². The molecule has 39 heavy (non-hydrogen) atoms. The van der Waals surface area contributed by atoms with Crippen LogP contribution in [0.15, 0.2) is 82.5 Å². The molecule has 2 heterocycles. The first-order chi connectivity index (χ1) is 18.9. The molecule has 8 heteroatoms. The van der Waals surface area contributed by atoms with E-state index in [9.17, 15) is 9.59 Å². The number of ether oxygens (including phenoxy) is 4. The number of dihydropyridines is 1. The molecule has 2 aromatic carbocycles. The molecule has 2 aliphatic rings. The lowest BCUT2D eigenvalue weighted by atomic mass is 9.72. The number of benzene rings is 2. The fourth-order valence-electron chi connectivity index (χ4n) is 5.36. The lowest BCUT2D eigenvalue weighted by molar-refractivity contribution is -0.140. The van der Waals surface area contributed by atoms with Gasteiger partial charge >= 0.3 is 5.97 Å². The Labute approximate surface area is 232 Å². The number of carbonyl (C=O) groups excluding carboxylic acids is 2. The second kappa shape index (κ2) is 11.4. The van der Waals surface area contributed by atoms with Crippen molar-refractivity contribution in [3.63, 3.8) is 0 Å². The van der Waals surface area contributed by atoms with E-state index in [0.29, 0.717) is 46.7 Å². The standard InChI is InChI=1S/C31H31NO6S/c1-18-28(31(34)38-17-19-7-9-21(35-2)10-8-19)29(23-16-22(36-3)11-12-26(23)37-4)30-24(32-18)14-20(15-25(30)33)27-6-5-13-39-27/h5-13,16,20,29,32H,14-15,17H2,1-4H3/t20-,29-/m0/s1. The minimum absolute atomic E-state index is 0.00461. The van der Waals surface area contributed by atoms with Crippen LogP contribution in [0.2, 0.25) is 0 Å². The molecule has 0 saturated heterocycles. The first-order valence-corrected chi connectivity index (χ1v) is 13.6. The molecule has 0 bridgehead atoms. The summed E-state index contributed by atoms with van der Waals surface area (Å²) in [7, 11) is 4.77. The average molecular weight is 546 g/mol. The molecule has 1 aliphatic carbocycles. The van der Waals surface area contributed by atoms with Gasteiger partial charge < -0.3 is 24.3 Å². The fourth-order valence-corrected chi connectivity index (χ4v) is 6.19. The maximum absolute atomic E-state index is 13.8. The molecule has 1 aromatic heterocycles. The first-order valence-electron chi connectivity index (χ1n) is 12.7. The maximum Gasteiger partial charge on any atom is 0.337 e. The zero-order chi connectivity index (χ0) is 27.5. The Kier molecular flexibility index (Phi) is 7.74. The Bertz CT molecular complexity index is 1440. The third kappa shape index (κ3) is 5.29. The molecule has 0 radical (unpaired) electrons. The van der Waals surface area contributed by atoms with E-state index < -0.39 is 11.9 Å². The van der Waals surface area contributed by atoms with Crippen LogP contribution in [-0.4, -0.2) is 33.1 Å². The van der Waals surface area contributed by atoms with Gasteiger partial charge in [-0.05, 0) is 60.7 Å². The van der Waals surface area contributed by atoms with E-state index in [1.807, 2.05) is 48.7 Å². The molecule has 1 aliphatic heterocycles. The summed E-state index contributed by atoms with van der Waals surface area (Å²) in [6.45, 7) is 1.94. The number of hydrogen-bond donors (Lipinski definition) is 1. The number of carbonyl (C=O) groups is 2. The Morgan fingerprint density at radius 3 is 2.38 bits per heavy atom. The Balaban J connectivity index is 1.54. The number of allylic oxidation sites excluding steroid dienone is 3. The summed E-state index contributed by atoms with van der Waals surface area (Å²) < 4.78 is 22.2. The van der Waals surface area contributed by atoms with Gasteiger partial charge in [-0.15, -0.1) is 11.3 Å². The lowest BCUT2D eigenvalue weighted by Crippen LogP contribution is -2.36. The van der Waals surface area contributed by atoms with Crippen LogP contribution >= 0.6 is 11.3 Å². The summed E-state index contributed by atoms with van der Waals surface area (Å²) in [6.07, 6.45) is 1.05. The molecule has 2 atom stereocenters.